The van der Waals surface area contributed by atoms with Crippen LogP contribution in [0.15, 0.2) is 72.8 Å². The average molecular weight is 598 g/mol. The minimum Gasteiger partial charge on any atom is -0.352 e. The Balaban J connectivity index is 1.91. The van der Waals surface area contributed by atoms with Gasteiger partial charge in [0.05, 0.1) is 11.9 Å². The van der Waals surface area contributed by atoms with E-state index in [1.165, 1.54) is 4.31 Å². The smallest absolute Gasteiger partial charge is 0.243 e. The van der Waals surface area contributed by atoms with Crippen molar-refractivity contribution in [3.05, 3.63) is 100 Å². The SMILES string of the molecule is Cc1ccccc1CN(C(=O)CCCN(c1cc(Cl)ccc1C)S(C)(=O)=O)[C@H](Cc1ccccc1)C(=O)NC(C)C. The Bertz CT molecular complexity index is 1440. The number of sulfonamides is 1. The van der Waals surface area contributed by atoms with Gasteiger partial charge >= 0.3 is 0 Å². The third kappa shape index (κ3) is 9.33. The lowest BCUT2D eigenvalue weighted by Crippen LogP contribution is -2.52. The summed E-state index contributed by atoms with van der Waals surface area (Å²) in [4.78, 5) is 29.1. The van der Waals surface area contributed by atoms with Crippen molar-refractivity contribution < 1.29 is 18.0 Å². The van der Waals surface area contributed by atoms with Gasteiger partial charge in [-0.1, -0.05) is 72.3 Å². The molecule has 220 valence electrons. The van der Waals surface area contributed by atoms with Gasteiger partial charge in [0.1, 0.15) is 6.04 Å². The largest absolute Gasteiger partial charge is 0.352 e. The van der Waals surface area contributed by atoms with Crippen LogP contribution in [0.25, 0.3) is 0 Å². The van der Waals surface area contributed by atoms with Crippen molar-refractivity contribution in [2.45, 2.75) is 65.6 Å². The van der Waals surface area contributed by atoms with E-state index < -0.39 is 16.1 Å². The molecule has 0 unspecified atom stereocenters. The molecule has 3 rings (SSSR count). The van der Waals surface area contributed by atoms with Gasteiger partial charge in [0.25, 0.3) is 0 Å². The first kappa shape index (κ1) is 32.2. The summed E-state index contributed by atoms with van der Waals surface area (Å²) in [5, 5.41) is 3.42. The second-order valence-corrected chi connectivity index (χ2v) is 13.0. The van der Waals surface area contributed by atoms with Gasteiger partial charge in [0.2, 0.25) is 21.8 Å². The zero-order valence-electron chi connectivity index (χ0n) is 24.4. The number of rotatable bonds is 13. The van der Waals surface area contributed by atoms with Crippen LogP contribution < -0.4 is 9.62 Å². The Morgan fingerprint density at radius 1 is 0.927 bits per heavy atom. The van der Waals surface area contributed by atoms with Gasteiger partial charge in [-0.05, 0) is 68.5 Å². The fourth-order valence-electron chi connectivity index (χ4n) is 4.74. The molecule has 0 spiro atoms. The standard InChI is InChI=1S/C32H40ClN3O4S/c1-23(2)34-32(38)30(20-26-13-7-6-8-14-26)35(22-27-15-10-9-12-24(27)3)31(37)16-11-19-36(41(5,39)40)29-21-28(33)18-17-25(29)4/h6-10,12-15,17-18,21,23,30H,11,16,19-20,22H2,1-5H3,(H,34,38)/t30-/m1/s1. The minimum absolute atomic E-state index is 0.0672. The molecule has 0 aromatic heterocycles. The first-order valence-corrected chi connectivity index (χ1v) is 16.0. The number of nitrogens with zero attached hydrogens (tertiary/aromatic N) is 2. The molecular formula is C32H40ClN3O4S. The number of aryl methyl sites for hydroxylation is 2. The molecule has 3 aromatic rings. The normalized spacial score (nSPS) is 12.2. The Labute approximate surface area is 249 Å². The van der Waals surface area contributed by atoms with Crippen molar-refractivity contribution in [2.75, 3.05) is 17.1 Å². The van der Waals surface area contributed by atoms with Gasteiger partial charge in [-0.15, -0.1) is 0 Å². The van der Waals surface area contributed by atoms with E-state index in [0.29, 0.717) is 17.1 Å². The van der Waals surface area contributed by atoms with Crippen LogP contribution >= 0.6 is 11.6 Å². The topological polar surface area (TPSA) is 86.8 Å². The van der Waals surface area contributed by atoms with Crippen LogP contribution in [0, 0.1) is 13.8 Å². The molecule has 0 saturated carbocycles. The van der Waals surface area contributed by atoms with Crippen LogP contribution in [-0.4, -0.2) is 50.0 Å². The van der Waals surface area contributed by atoms with Crippen LogP contribution in [0.1, 0.15) is 48.9 Å². The molecule has 0 aliphatic heterocycles. The molecule has 1 N–H and O–H groups in total. The summed E-state index contributed by atoms with van der Waals surface area (Å²) in [5.74, 6) is -0.442. The Hall–Kier alpha value is -3.36. The summed E-state index contributed by atoms with van der Waals surface area (Å²) in [6.45, 7) is 7.95. The minimum atomic E-state index is -3.63. The highest BCUT2D eigenvalue weighted by atomic mass is 35.5. The van der Waals surface area contributed by atoms with E-state index in [1.54, 1.807) is 23.1 Å². The number of carbonyl (C=O) groups is 2. The molecule has 41 heavy (non-hydrogen) atoms. The number of anilines is 1. The van der Waals surface area contributed by atoms with Crippen molar-refractivity contribution in [3.8, 4) is 0 Å². The highest BCUT2D eigenvalue weighted by molar-refractivity contribution is 7.92. The molecule has 0 bridgehead atoms. The fraction of sp³-hybridized carbons (Fsp3) is 0.375. The quantitative estimate of drug-likeness (QED) is 0.275. The summed E-state index contributed by atoms with van der Waals surface area (Å²) >= 11 is 6.17. The van der Waals surface area contributed by atoms with Gasteiger partial charge in [-0.25, -0.2) is 8.42 Å². The van der Waals surface area contributed by atoms with E-state index >= 15 is 0 Å². The van der Waals surface area contributed by atoms with Gasteiger partial charge in [-0.2, -0.15) is 0 Å². The lowest BCUT2D eigenvalue weighted by atomic mass is 10.0. The highest BCUT2D eigenvalue weighted by Gasteiger charge is 2.31. The maximum atomic E-state index is 13.9. The summed E-state index contributed by atoms with van der Waals surface area (Å²) < 4.78 is 26.7. The van der Waals surface area contributed by atoms with Crippen molar-refractivity contribution in [3.63, 3.8) is 0 Å². The molecule has 3 aromatic carbocycles. The summed E-state index contributed by atoms with van der Waals surface area (Å²) in [6, 6.07) is 21.7. The molecule has 1 atom stereocenters. The Morgan fingerprint density at radius 2 is 1.59 bits per heavy atom. The van der Waals surface area contributed by atoms with Gasteiger partial charge in [0.15, 0.2) is 0 Å². The van der Waals surface area contributed by atoms with Crippen molar-refractivity contribution in [1.29, 1.82) is 0 Å². The summed E-state index contributed by atoms with van der Waals surface area (Å²) in [6.07, 6.45) is 1.84. The van der Waals surface area contributed by atoms with Crippen molar-refractivity contribution >= 4 is 39.1 Å². The fourth-order valence-corrected chi connectivity index (χ4v) is 5.92. The predicted molar refractivity (Wildman–Crippen MR) is 167 cm³/mol. The maximum Gasteiger partial charge on any atom is 0.243 e. The molecule has 9 heteroatoms. The Morgan fingerprint density at radius 3 is 2.22 bits per heavy atom. The number of hydrogen-bond acceptors (Lipinski definition) is 4. The molecule has 0 aliphatic rings. The maximum absolute atomic E-state index is 13.9. The van der Waals surface area contributed by atoms with Gasteiger partial charge in [0, 0.05) is 37.0 Å². The molecular weight excluding hydrogens is 558 g/mol. The lowest BCUT2D eigenvalue weighted by Gasteiger charge is -2.33. The first-order valence-electron chi connectivity index (χ1n) is 13.8. The Kier molecular flexibility index (Phi) is 11.4. The lowest BCUT2D eigenvalue weighted by molar-refractivity contribution is -0.141. The van der Waals surface area contributed by atoms with Crippen LogP contribution in [0.5, 0.6) is 0 Å². The molecule has 7 nitrogen and oxygen atoms in total. The molecule has 0 radical (unpaired) electrons. The zero-order chi connectivity index (χ0) is 30.2. The third-order valence-corrected chi connectivity index (χ3v) is 8.31. The molecule has 0 aliphatic carbocycles. The molecule has 0 fully saturated rings. The van der Waals surface area contributed by atoms with Crippen molar-refractivity contribution in [1.82, 2.24) is 10.2 Å². The molecule has 0 heterocycles. The van der Waals surface area contributed by atoms with Gasteiger partial charge in [-0.3, -0.25) is 13.9 Å². The number of hydrogen-bond donors (Lipinski definition) is 1. The molecule has 2 amide bonds. The van der Waals surface area contributed by atoms with E-state index in [2.05, 4.69) is 5.32 Å². The second kappa shape index (κ2) is 14.5. The monoisotopic (exact) mass is 597 g/mol. The number of nitrogens with one attached hydrogen (secondary N) is 1. The van der Waals surface area contributed by atoms with E-state index in [4.69, 9.17) is 11.6 Å². The third-order valence-electron chi connectivity index (χ3n) is 6.90. The van der Waals surface area contributed by atoms with Crippen LogP contribution in [-0.2, 0) is 32.6 Å². The van der Waals surface area contributed by atoms with E-state index in [9.17, 15) is 18.0 Å². The average Bonchev–Trinajstić information content (AvgIpc) is 2.90. The van der Waals surface area contributed by atoms with Crippen LogP contribution in [0.3, 0.4) is 0 Å². The summed E-state index contributed by atoms with van der Waals surface area (Å²) in [5.41, 5.74) is 4.16. The van der Waals surface area contributed by atoms with E-state index in [1.807, 2.05) is 82.3 Å². The predicted octanol–water partition coefficient (Wildman–Crippen LogP) is 5.67. The second-order valence-electron chi connectivity index (χ2n) is 10.7. The number of carbonyl (C=O) groups excluding carboxylic acids is 2. The number of halogens is 1. The highest BCUT2D eigenvalue weighted by Crippen LogP contribution is 2.27. The van der Waals surface area contributed by atoms with E-state index in [-0.39, 0.29) is 43.8 Å². The van der Waals surface area contributed by atoms with Gasteiger partial charge < -0.3 is 10.2 Å². The number of benzene rings is 3. The van der Waals surface area contributed by atoms with Crippen molar-refractivity contribution in [2.24, 2.45) is 0 Å². The number of amides is 2. The zero-order valence-corrected chi connectivity index (χ0v) is 26.0. The van der Waals surface area contributed by atoms with Crippen LogP contribution in [0.2, 0.25) is 5.02 Å². The van der Waals surface area contributed by atoms with E-state index in [0.717, 1.165) is 28.5 Å². The first-order chi connectivity index (χ1) is 19.4. The molecule has 0 saturated heterocycles. The summed E-state index contributed by atoms with van der Waals surface area (Å²) in [7, 11) is -3.63. The van der Waals surface area contributed by atoms with Crippen LogP contribution in [0.4, 0.5) is 5.69 Å².